The van der Waals surface area contributed by atoms with Crippen LogP contribution in [0, 0.1) is 0 Å². The number of thiophene rings is 1. The molecule has 1 aliphatic rings. The van der Waals surface area contributed by atoms with Crippen molar-refractivity contribution in [1.82, 2.24) is 9.97 Å². The van der Waals surface area contributed by atoms with Gasteiger partial charge in [-0.3, -0.25) is 4.79 Å². The number of nitrogens with one attached hydrogen (secondary N) is 2. The average molecular weight is 365 g/mol. The molecular formula is C19H19N5OS. The van der Waals surface area contributed by atoms with Crippen molar-refractivity contribution in [2.24, 2.45) is 5.73 Å². The van der Waals surface area contributed by atoms with E-state index in [2.05, 4.69) is 27.1 Å². The van der Waals surface area contributed by atoms with Gasteiger partial charge in [0.2, 0.25) is 11.9 Å². The number of hydrogen-bond donors (Lipinski definition) is 3. The van der Waals surface area contributed by atoms with E-state index in [0.717, 1.165) is 24.2 Å². The summed E-state index contributed by atoms with van der Waals surface area (Å²) in [6.07, 6.45) is 4.24. The molecule has 2 heterocycles. The minimum absolute atomic E-state index is 0.0975. The van der Waals surface area contributed by atoms with Gasteiger partial charge < -0.3 is 16.4 Å². The molecule has 0 spiro atoms. The first kappa shape index (κ1) is 16.7. The van der Waals surface area contributed by atoms with Crippen molar-refractivity contribution < 1.29 is 4.79 Å². The molecule has 4 N–H and O–H groups in total. The number of anilines is 3. The molecule has 0 atom stereocenters. The molecule has 1 aromatic carbocycles. The molecule has 3 aromatic rings. The van der Waals surface area contributed by atoms with Crippen LogP contribution in [0.4, 0.5) is 17.3 Å². The van der Waals surface area contributed by atoms with Crippen LogP contribution in [0.3, 0.4) is 0 Å². The lowest BCUT2D eigenvalue weighted by atomic mass is 9.96. The summed E-state index contributed by atoms with van der Waals surface area (Å²) >= 11 is 1.78. The Hall–Kier alpha value is -2.77. The van der Waals surface area contributed by atoms with Gasteiger partial charge in [0.15, 0.2) is 0 Å². The van der Waals surface area contributed by atoms with E-state index in [0.29, 0.717) is 24.6 Å². The zero-order valence-corrected chi connectivity index (χ0v) is 15.0. The first-order valence-corrected chi connectivity index (χ1v) is 9.40. The first-order chi connectivity index (χ1) is 12.7. The van der Waals surface area contributed by atoms with Crippen LogP contribution < -0.4 is 16.4 Å². The highest BCUT2D eigenvalue weighted by Crippen LogP contribution is 2.35. The van der Waals surface area contributed by atoms with Crippen LogP contribution in [0.5, 0.6) is 0 Å². The second-order valence-electron chi connectivity index (χ2n) is 6.12. The maximum atomic E-state index is 11.7. The van der Waals surface area contributed by atoms with Crippen molar-refractivity contribution in [2.75, 3.05) is 17.2 Å². The molecule has 132 valence electrons. The van der Waals surface area contributed by atoms with Gasteiger partial charge in [-0.1, -0.05) is 6.07 Å². The van der Waals surface area contributed by atoms with Crippen LogP contribution in [-0.2, 0) is 17.6 Å². The normalized spacial score (nSPS) is 12.2. The fourth-order valence-corrected chi connectivity index (χ4v) is 3.91. The number of fused-ring (bicyclic) bond motifs is 3. The number of nitrogens with two attached hydrogens (primary N) is 1. The summed E-state index contributed by atoms with van der Waals surface area (Å²) in [5.41, 5.74) is 10.3. The third kappa shape index (κ3) is 3.44. The van der Waals surface area contributed by atoms with Gasteiger partial charge in [0.25, 0.3) is 0 Å². The second kappa shape index (κ2) is 7.23. The Morgan fingerprint density at radius 3 is 3.00 bits per heavy atom. The summed E-state index contributed by atoms with van der Waals surface area (Å²) in [7, 11) is 0. The highest BCUT2D eigenvalue weighted by Gasteiger charge is 2.19. The summed E-state index contributed by atoms with van der Waals surface area (Å²) in [5.74, 6) is 0.452. The predicted molar refractivity (Wildman–Crippen MR) is 105 cm³/mol. The van der Waals surface area contributed by atoms with Crippen molar-refractivity contribution >= 4 is 34.6 Å². The van der Waals surface area contributed by atoms with E-state index in [4.69, 9.17) is 10.7 Å². The number of benzene rings is 1. The van der Waals surface area contributed by atoms with Crippen LogP contribution in [0.15, 0.2) is 41.9 Å². The van der Waals surface area contributed by atoms with Gasteiger partial charge in [-0.2, -0.15) is 0 Å². The highest BCUT2D eigenvalue weighted by atomic mass is 32.1. The molecular weight excluding hydrogens is 346 g/mol. The summed E-state index contributed by atoms with van der Waals surface area (Å²) in [5, 5.41) is 8.17. The number of aromatic nitrogens is 2. The topological polar surface area (TPSA) is 92.9 Å². The largest absolute Gasteiger partial charge is 0.330 e. The van der Waals surface area contributed by atoms with Crippen molar-refractivity contribution in [3.05, 3.63) is 52.3 Å². The predicted octanol–water partition coefficient (Wildman–Crippen LogP) is 3.33. The molecule has 1 amide bonds. The molecule has 0 aliphatic heterocycles. The van der Waals surface area contributed by atoms with Gasteiger partial charge in [-0.25, -0.2) is 9.97 Å². The van der Waals surface area contributed by atoms with Crippen LogP contribution in [-0.4, -0.2) is 22.4 Å². The summed E-state index contributed by atoms with van der Waals surface area (Å²) < 4.78 is 0. The molecule has 0 radical (unpaired) electrons. The standard InChI is InChI=1S/C19H19N5OS/c20-8-6-17(25)22-13-2-1-3-14(10-13)23-19-21-11-12-4-5-16-15(7-9-26-16)18(12)24-19/h1-3,7,9-11H,4-6,8,20H2,(H,22,25)(H,21,23,24). The summed E-state index contributed by atoms with van der Waals surface area (Å²) in [4.78, 5) is 22.2. The zero-order chi connectivity index (χ0) is 17.9. The van der Waals surface area contributed by atoms with Crippen LogP contribution in [0.1, 0.15) is 16.9 Å². The number of nitrogens with zero attached hydrogens (tertiary/aromatic N) is 2. The quantitative estimate of drug-likeness (QED) is 0.645. The number of rotatable bonds is 5. The number of carbonyl (C=O) groups excluding carboxylic acids is 1. The smallest absolute Gasteiger partial charge is 0.227 e. The van der Waals surface area contributed by atoms with E-state index in [9.17, 15) is 4.79 Å². The number of carbonyl (C=O) groups is 1. The zero-order valence-electron chi connectivity index (χ0n) is 14.2. The van der Waals surface area contributed by atoms with E-state index in [1.165, 1.54) is 16.0 Å². The number of amides is 1. The van der Waals surface area contributed by atoms with Crippen molar-refractivity contribution in [3.63, 3.8) is 0 Å². The van der Waals surface area contributed by atoms with E-state index >= 15 is 0 Å². The molecule has 0 bridgehead atoms. The monoisotopic (exact) mass is 365 g/mol. The maximum Gasteiger partial charge on any atom is 0.227 e. The van der Waals surface area contributed by atoms with Crippen molar-refractivity contribution in [2.45, 2.75) is 19.3 Å². The molecule has 0 unspecified atom stereocenters. The highest BCUT2D eigenvalue weighted by molar-refractivity contribution is 7.10. The van der Waals surface area contributed by atoms with Crippen molar-refractivity contribution in [1.29, 1.82) is 0 Å². The summed E-state index contributed by atoms with van der Waals surface area (Å²) in [6, 6.07) is 9.60. The van der Waals surface area contributed by atoms with Gasteiger partial charge >= 0.3 is 0 Å². The first-order valence-electron chi connectivity index (χ1n) is 8.52. The van der Waals surface area contributed by atoms with E-state index < -0.39 is 0 Å². The fourth-order valence-electron chi connectivity index (χ4n) is 3.03. The lowest BCUT2D eigenvalue weighted by molar-refractivity contribution is -0.116. The second-order valence-corrected chi connectivity index (χ2v) is 7.12. The van der Waals surface area contributed by atoms with E-state index in [1.807, 2.05) is 30.5 Å². The van der Waals surface area contributed by atoms with Gasteiger partial charge in [0.1, 0.15) is 0 Å². The van der Waals surface area contributed by atoms with Crippen LogP contribution >= 0.6 is 11.3 Å². The lowest BCUT2D eigenvalue weighted by Crippen LogP contribution is -2.16. The molecule has 1 aliphatic carbocycles. The Morgan fingerprint density at radius 1 is 1.23 bits per heavy atom. The number of hydrogen-bond acceptors (Lipinski definition) is 6. The molecule has 4 rings (SSSR count). The Balaban J connectivity index is 1.55. The van der Waals surface area contributed by atoms with Gasteiger partial charge in [0, 0.05) is 41.0 Å². The Kier molecular flexibility index (Phi) is 4.64. The molecule has 0 saturated heterocycles. The Morgan fingerprint density at radius 2 is 2.12 bits per heavy atom. The Bertz CT molecular complexity index is 953. The van der Waals surface area contributed by atoms with Crippen LogP contribution in [0.25, 0.3) is 11.3 Å². The average Bonchev–Trinajstić information content (AvgIpc) is 3.11. The molecule has 26 heavy (non-hydrogen) atoms. The third-order valence-corrected chi connectivity index (χ3v) is 5.24. The molecule has 7 heteroatoms. The summed E-state index contributed by atoms with van der Waals surface area (Å²) in [6.45, 7) is 0.331. The van der Waals surface area contributed by atoms with E-state index in [-0.39, 0.29) is 5.91 Å². The molecule has 0 saturated carbocycles. The van der Waals surface area contributed by atoms with Crippen molar-refractivity contribution in [3.8, 4) is 11.3 Å². The molecule has 2 aromatic heterocycles. The lowest BCUT2D eigenvalue weighted by Gasteiger charge is -2.16. The van der Waals surface area contributed by atoms with Gasteiger partial charge in [-0.15, -0.1) is 11.3 Å². The minimum atomic E-state index is -0.0975. The maximum absolute atomic E-state index is 11.7. The SMILES string of the molecule is NCCC(=O)Nc1cccc(Nc2ncc3c(n2)-c2ccsc2CC3)c1. The third-order valence-electron chi connectivity index (χ3n) is 4.26. The molecule has 6 nitrogen and oxygen atoms in total. The Labute approximate surface area is 155 Å². The number of aryl methyl sites for hydroxylation is 2. The fraction of sp³-hybridized carbons (Fsp3) is 0.211. The molecule has 0 fully saturated rings. The van der Waals surface area contributed by atoms with Crippen LogP contribution in [0.2, 0.25) is 0 Å². The van der Waals surface area contributed by atoms with Gasteiger partial charge in [-0.05, 0) is 48.1 Å². The van der Waals surface area contributed by atoms with Gasteiger partial charge in [0.05, 0.1) is 5.69 Å². The van der Waals surface area contributed by atoms with E-state index in [1.54, 1.807) is 11.3 Å². The minimum Gasteiger partial charge on any atom is -0.330 e.